The van der Waals surface area contributed by atoms with Crippen molar-refractivity contribution < 1.29 is 0 Å². The van der Waals surface area contributed by atoms with E-state index >= 15 is 0 Å². The summed E-state index contributed by atoms with van der Waals surface area (Å²) in [6.07, 6.45) is 0. The van der Waals surface area contributed by atoms with Crippen LogP contribution in [0.25, 0.3) is 0 Å². The molecule has 0 unspecified atom stereocenters. The summed E-state index contributed by atoms with van der Waals surface area (Å²) in [6, 6.07) is 14.1. The summed E-state index contributed by atoms with van der Waals surface area (Å²) in [5.74, 6) is 0.925. The smallest absolute Gasteiger partial charge is 0.194 e. The molecule has 3 rings (SSSR count). The van der Waals surface area contributed by atoms with Gasteiger partial charge in [-0.25, -0.2) is 0 Å². The monoisotopic (exact) mass is 485 g/mol. The first-order valence-electron chi connectivity index (χ1n) is 8.54. The first kappa shape index (κ1) is 20.8. The SMILES string of the molecule is CN=C(NCc1cccc(C)n1)N1CCN(c2cccc(Cl)c2)CC1.I. The van der Waals surface area contributed by atoms with Gasteiger partial charge < -0.3 is 15.1 Å². The highest BCUT2D eigenvalue weighted by Gasteiger charge is 2.19. The van der Waals surface area contributed by atoms with E-state index in [0.717, 1.165) is 48.5 Å². The minimum absolute atomic E-state index is 0. The quantitative estimate of drug-likeness (QED) is 0.410. The van der Waals surface area contributed by atoms with E-state index in [1.165, 1.54) is 5.69 Å². The van der Waals surface area contributed by atoms with Crippen molar-refractivity contribution in [2.75, 3.05) is 38.1 Å². The second kappa shape index (κ2) is 9.97. The van der Waals surface area contributed by atoms with E-state index in [0.29, 0.717) is 6.54 Å². The molecule has 7 heteroatoms. The van der Waals surface area contributed by atoms with Crippen LogP contribution in [0.4, 0.5) is 5.69 Å². The van der Waals surface area contributed by atoms with Crippen LogP contribution in [-0.4, -0.2) is 49.1 Å². The van der Waals surface area contributed by atoms with E-state index in [1.54, 1.807) is 0 Å². The van der Waals surface area contributed by atoms with Crippen molar-refractivity contribution >= 4 is 47.2 Å². The standard InChI is InChI=1S/C19H24ClN5.HI/c1-15-5-3-7-17(23-15)14-22-19(21-2)25-11-9-24(10-12-25)18-8-4-6-16(20)13-18;/h3-8,13H,9-12,14H2,1-2H3,(H,21,22);1H. The topological polar surface area (TPSA) is 43.8 Å². The fraction of sp³-hybridized carbons (Fsp3) is 0.368. The van der Waals surface area contributed by atoms with E-state index in [9.17, 15) is 0 Å². The Morgan fingerprint density at radius 2 is 1.88 bits per heavy atom. The van der Waals surface area contributed by atoms with Gasteiger partial charge in [-0.15, -0.1) is 24.0 Å². The predicted octanol–water partition coefficient (Wildman–Crippen LogP) is 3.56. The van der Waals surface area contributed by atoms with Gasteiger partial charge in [0.2, 0.25) is 0 Å². The second-order valence-electron chi connectivity index (χ2n) is 6.13. The van der Waals surface area contributed by atoms with Crippen molar-refractivity contribution in [1.82, 2.24) is 15.2 Å². The van der Waals surface area contributed by atoms with Crippen molar-refractivity contribution in [3.05, 3.63) is 58.9 Å². The van der Waals surface area contributed by atoms with E-state index in [2.05, 4.69) is 31.2 Å². The first-order valence-corrected chi connectivity index (χ1v) is 8.92. The minimum atomic E-state index is 0. The molecule has 0 aliphatic carbocycles. The van der Waals surface area contributed by atoms with Gasteiger partial charge in [0.15, 0.2) is 5.96 Å². The molecule has 0 amide bonds. The van der Waals surface area contributed by atoms with Crippen LogP contribution in [-0.2, 0) is 6.54 Å². The minimum Gasteiger partial charge on any atom is -0.368 e. The Hall–Kier alpha value is -1.54. The normalized spacial score (nSPS) is 14.8. The van der Waals surface area contributed by atoms with E-state index in [4.69, 9.17) is 11.6 Å². The van der Waals surface area contributed by atoms with Crippen LogP contribution in [0.15, 0.2) is 47.5 Å². The molecule has 0 atom stereocenters. The molecule has 1 saturated heterocycles. The van der Waals surface area contributed by atoms with Crippen LogP contribution in [0, 0.1) is 6.92 Å². The number of rotatable bonds is 3. The molecular formula is C19H25ClIN5. The van der Waals surface area contributed by atoms with Gasteiger partial charge in [-0.2, -0.15) is 0 Å². The summed E-state index contributed by atoms with van der Waals surface area (Å²) in [4.78, 5) is 13.6. The Morgan fingerprint density at radius 1 is 1.15 bits per heavy atom. The number of halogens is 2. The van der Waals surface area contributed by atoms with Crippen molar-refractivity contribution in [2.45, 2.75) is 13.5 Å². The number of hydrogen-bond acceptors (Lipinski definition) is 3. The lowest BCUT2D eigenvalue weighted by atomic mass is 10.2. The van der Waals surface area contributed by atoms with Gasteiger partial charge >= 0.3 is 0 Å². The van der Waals surface area contributed by atoms with Gasteiger partial charge in [-0.1, -0.05) is 23.7 Å². The number of aromatic nitrogens is 1. The van der Waals surface area contributed by atoms with Crippen LogP contribution >= 0.6 is 35.6 Å². The number of anilines is 1. The van der Waals surface area contributed by atoms with Crippen LogP contribution < -0.4 is 10.2 Å². The molecule has 0 spiro atoms. The number of nitrogens with one attached hydrogen (secondary N) is 1. The molecule has 26 heavy (non-hydrogen) atoms. The molecule has 1 aliphatic rings. The van der Waals surface area contributed by atoms with Crippen molar-refractivity contribution in [3.8, 4) is 0 Å². The zero-order chi connectivity index (χ0) is 17.6. The average molecular weight is 486 g/mol. The summed E-state index contributed by atoms with van der Waals surface area (Å²) in [7, 11) is 1.83. The predicted molar refractivity (Wildman–Crippen MR) is 120 cm³/mol. The van der Waals surface area contributed by atoms with Gasteiger partial charge in [0, 0.05) is 49.6 Å². The van der Waals surface area contributed by atoms with Gasteiger partial charge in [-0.3, -0.25) is 9.98 Å². The summed E-state index contributed by atoms with van der Waals surface area (Å²) in [5.41, 5.74) is 3.24. The number of piperazine rings is 1. The lowest BCUT2D eigenvalue weighted by molar-refractivity contribution is 0.372. The number of pyridine rings is 1. The largest absolute Gasteiger partial charge is 0.368 e. The number of aryl methyl sites for hydroxylation is 1. The third-order valence-electron chi connectivity index (χ3n) is 4.34. The summed E-state index contributed by atoms with van der Waals surface area (Å²) in [5, 5.41) is 4.20. The molecular weight excluding hydrogens is 461 g/mol. The maximum absolute atomic E-state index is 6.10. The van der Waals surface area contributed by atoms with E-state index in [1.807, 2.05) is 50.4 Å². The summed E-state index contributed by atoms with van der Waals surface area (Å²) < 4.78 is 0. The number of nitrogens with zero attached hydrogens (tertiary/aromatic N) is 4. The average Bonchev–Trinajstić information content (AvgIpc) is 2.63. The Bertz CT molecular complexity index is 744. The lowest BCUT2D eigenvalue weighted by Gasteiger charge is -2.37. The van der Waals surface area contributed by atoms with Crippen LogP contribution in [0.2, 0.25) is 5.02 Å². The lowest BCUT2D eigenvalue weighted by Crippen LogP contribution is -2.52. The van der Waals surface area contributed by atoms with Crippen molar-refractivity contribution in [1.29, 1.82) is 0 Å². The highest BCUT2D eigenvalue weighted by Crippen LogP contribution is 2.20. The third kappa shape index (κ3) is 5.48. The molecule has 5 nitrogen and oxygen atoms in total. The van der Waals surface area contributed by atoms with Crippen LogP contribution in [0.3, 0.4) is 0 Å². The molecule has 1 aliphatic heterocycles. The Kier molecular flexibility index (Phi) is 7.96. The molecule has 1 fully saturated rings. The van der Waals surface area contributed by atoms with Crippen molar-refractivity contribution in [3.63, 3.8) is 0 Å². The summed E-state index contributed by atoms with van der Waals surface area (Å²) in [6.45, 7) is 6.44. The Morgan fingerprint density at radius 3 is 2.54 bits per heavy atom. The van der Waals surface area contributed by atoms with Gasteiger partial charge in [0.05, 0.1) is 12.2 Å². The van der Waals surface area contributed by atoms with E-state index in [-0.39, 0.29) is 24.0 Å². The maximum atomic E-state index is 6.10. The zero-order valence-electron chi connectivity index (χ0n) is 15.2. The Labute approximate surface area is 177 Å². The fourth-order valence-electron chi connectivity index (χ4n) is 3.05. The molecule has 0 saturated carbocycles. The molecule has 1 aromatic heterocycles. The van der Waals surface area contributed by atoms with E-state index < -0.39 is 0 Å². The zero-order valence-corrected chi connectivity index (χ0v) is 18.2. The molecule has 0 radical (unpaired) electrons. The first-order chi connectivity index (χ1) is 12.2. The third-order valence-corrected chi connectivity index (χ3v) is 4.57. The van der Waals surface area contributed by atoms with Gasteiger partial charge in [-0.05, 0) is 37.3 Å². The second-order valence-corrected chi connectivity index (χ2v) is 6.56. The summed E-state index contributed by atoms with van der Waals surface area (Å²) >= 11 is 6.10. The van der Waals surface area contributed by atoms with Gasteiger partial charge in [0.25, 0.3) is 0 Å². The fourth-order valence-corrected chi connectivity index (χ4v) is 3.23. The van der Waals surface area contributed by atoms with Gasteiger partial charge in [0.1, 0.15) is 0 Å². The van der Waals surface area contributed by atoms with Crippen molar-refractivity contribution in [2.24, 2.45) is 4.99 Å². The van der Waals surface area contributed by atoms with Crippen LogP contribution in [0.5, 0.6) is 0 Å². The molecule has 2 aromatic rings. The molecule has 140 valence electrons. The molecule has 1 N–H and O–H groups in total. The molecule has 0 bridgehead atoms. The number of aliphatic imine (C=N–C) groups is 1. The van der Waals surface area contributed by atoms with Crippen LogP contribution in [0.1, 0.15) is 11.4 Å². The maximum Gasteiger partial charge on any atom is 0.194 e. The number of guanidine groups is 1. The highest BCUT2D eigenvalue weighted by molar-refractivity contribution is 14.0. The Balaban J connectivity index is 0.00000243. The molecule has 2 heterocycles. The number of benzene rings is 1. The highest BCUT2D eigenvalue weighted by atomic mass is 127. The number of hydrogen-bond donors (Lipinski definition) is 1. The molecule has 1 aromatic carbocycles.